The zero-order valence-electron chi connectivity index (χ0n) is 7.82. The second-order valence-electron chi connectivity index (χ2n) is 3.14. The minimum atomic E-state index is 0.503. The fourth-order valence-corrected chi connectivity index (χ4v) is 1.40. The Bertz CT molecular complexity index is 460. The van der Waals surface area contributed by atoms with Gasteiger partial charge >= 0.3 is 0 Å². The lowest BCUT2D eigenvalue weighted by molar-refractivity contribution is 0.111. The number of aldehydes is 1. The van der Waals surface area contributed by atoms with Crippen LogP contribution in [0.3, 0.4) is 0 Å². The van der Waals surface area contributed by atoms with Gasteiger partial charge in [0.2, 0.25) is 0 Å². The molecule has 1 aromatic heterocycles. The first-order chi connectivity index (χ1) is 6.81. The van der Waals surface area contributed by atoms with Gasteiger partial charge in [0.15, 0.2) is 6.29 Å². The Balaban J connectivity index is 2.49. The maximum absolute atomic E-state index is 10.5. The molecule has 0 aliphatic rings. The number of nitrogens with zero attached hydrogens (tertiary/aromatic N) is 1. The number of aryl methyl sites for hydroxylation is 1. The van der Waals surface area contributed by atoms with E-state index in [1.807, 2.05) is 31.2 Å². The highest BCUT2D eigenvalue weighted by Crippen LogP contribution is 2.20. The van der Waals surface area contributed by atoms with E-state index in [0.29, 0.717) is 5.69 Å². The standard InChI is InChI=1S/C11H10N2O/c1-8-4-2-3-5-10(8)11-6-9(7-14)12-13-11/h2-7H,1H3,(H,12,13). The Labute approximate surface area is 81.8 Å². The Morgan fingerprint density at radius 3 is 2.79 bits per heavy atom. The molecular formula is C11H10N2O. The van der Waals surface area contributed by atoms with Crippen molar-refractivity contribution in [2.24, 2.45) is 0 Å². The molecule has 2 aromatic rings. The molecule has 1 aromatic carbocycles. The molecule has 14 heavy (non-hydrogen) atoms. The molecule has 0 saturated heterocycles. The van der Waals surface area contributed by atoms with Crippen LogP contribution in [0, 0.1) is 6.92 Å². The van der Waals surface area contributed by atoms with E-state index in [-0.39, 0.29) is 0 Å². The predicted molar refractivity (Wildman–Crippen MR) is 54.1 cm³/mol. The second kappa shape index (κ2) is 3.46. The third kappa shape index (κ3) is 1.44. The summed E-state index contributed by atoms with van der Waals surface area (Å²) in [5.41, 5.74) is 3.52. The van der Waals surface area contributed by atoms with E-state index in [4.69, 9.17) is 0 Å². The van der Waals surface area contributed by atoms with Crippen molar-refractivity contribution in [1.82, 2.24) is 10.2 Å². The van der Waals surface area contributed by atoms with Gasteiger partial charge in [-0.25, -0.2) is 0 Å². The van der Waals surface area contributed by atoms with Crippen LogP contribution in [-0.4, -0.2) is 16.5 Å². The number of rotatable bonds is 2. The first-order valence-corrected chi connectivity index (χ1v) is 4.38. The van der Waals surface area contributed by atoms with Crippen molar-refractivity contribution in [3.63, 3.8) is 0 Å². The molecule has 0 atom stereocenters. The van der Waals surface area contributed by atoms with Crippen LogP contribution >= 0.6 is 0 Å². The summed E-state index contributed by atoms with van der Waals surface area (Å²) < 4.78 is 0. The fraction of sp³-hybridized carbons (Fsp3) is 0.0909. The maximum Gasteiger partial charge on any atom is 0.167 e. The molecule has 0 amide bonds. The molecule has 0 saturated carbocycles. The van der Waals surface area contributed by atoms with Crippen molar-refractivity contribution < 1.29 is 4.79 Å². The van der Waals surface area contributed by atoms with Gasteiger partial charge < -0.3 is 0 Å². The van der Waals surface area contributed by atoms with Gasteiger partial charge in [-0.05, 0) is 18.6 Å². The van der Waals surface area contributed by atoms with Crippen molar-refractivity contribution in [3.05, 3.63) is 41.6 Å². The van der Waals surface area contributed by atoms with Gasteiger partial charge in [-0.1, -0.05) is 24.3 Å². The van der Waals surface area contributed by atoms with Crippen LogP contribution in [0.1, 0.15) is 16.1 Å². The molecular weight excluding hydrogens is 176 g/mol. The van der Waals surface area contributed by atoms with Crippen molar-refractivity contribution in [1.29, 1.82) is 0 Å². The van der Waals surface area contributed by atoms with Crippen LogP contribution < -0.4 is 0 Å². The molecule has 0 unspecified atom stereocenters. The van der Waals surface area contributed by atoms with Gasteiger partial charge in [0, 0.05) is 5.56 Å². The largest absolute Gasteiger partial charge is 0.296 e. The van der Waals surface area contributed by atoms with Crippen molar-refractivity contribution >= 4 is 6.29 Å². The molecule has 70 valence electrons. The summed E-state index contributed by atoms with van der Waals surface area (Å²) in [5.74, 6) is 0. The highest BCUT2D eigenvalue weighted by molar-refractivity contribution is 5.75. The second-order valence-corrected chi connectivity index (χ2v) is 3.14. The third-order valence-corrected chi connectivity index (χ3v) is 2.15. The molecule has 0 aliphatic carbocycles. The summed E-state index contributed by atoms with van der Waals surface area (Å²) in [5, 5.41) is 6.72. The lowest BCUT2D eigenvalue weighted by Crippen LogP contribution is -1.81. The number of aromatic amines is 1. The van der Waals surface area contributed by atoms with Crippen LogP contribution in [0.5, 0.6) is 0 Å². The van der Waals surface area contributed by atoms with E-state index < -0.39 is 0 Å². The first-order valence-electron chi connectivity index (χ1n) is 4.38. The predicted octanol–water partition coefficient (Wildman–Crippen LogP) is 2.20. The number of carbonyl (C=O) groups is 1. The van der Waals surface area contributed by atoms with E-state index in [1.165, 1.54) is 0 Å². The van der Waals surface area contributed by atoms with Crippen LogP contribution in [0.2, 0.25) is 0 Å². The smallest absolute Gasteiger partial charge is 0.167 e. The van der Waals surface area contributed by atoms with E-state index in [0.717, 1.165) is 23.1 Å². The Morgan fingerprint density at radius 1 is 1.36 bits per heavy atom. The Kier molecular flexibility index (Phi) is 2.14. The lowest BCUT2D eigenvalue weighted by Gasteiger charge is -1.99. The first kappa shape index (κ1) is 8.69. The highest BCUT2D eigenvalue weighted by atomic mass is 16.1. The average Bonchev–Trinajstić information content (AvgIpc) is 2.67. The summed E-state index contributed by atoms with van der Waals surface area (Å²) in [4.78, 5) is 10.5. The molecule has 3 heteroatoms. The molecule has 1 heterocycles. The van der Waals surface area contributed by atoms with Crippen molar-refractivity contribution in [2.75, 3.05) is 0 Å². The molecule has 1 N–H and O–H groups in total. The monoisotopic (exact) mass is 186 g/mol. The lowest BCUT2D eigenvalue weighted by atomic mass is 10.1. The van der Waals surface area contributed by atoms with Crippen molar-refractivity contribution in [2.45, 2.75) is 6.92 Å². The summed E-state index contributed by atoms with van der Waals surface area (Å²) in [6.07, 6.45) is 0.759. The maximum atomic E-state index is 10.5. The van der Waals surface area contributed by atoms with Gasteiger partial charge in [-0.2, -0.15) is 5.10 Å². The number of nitrogens with one attached hydrogen (secondary N) is 1. The normalized spacial score (nSPS) is 10.1. The quantitative estimate of drug-likeness (QED) is 0.731. The molecule has 0 radical (unpaired) electrons. The van der Waals surface area contributed by atoms with Gasteiger partial charge in [-0.3, -0.25) is 9.89 Å². The third-order valence-electron chi connectivity index (χ3n) is 2.15. The van der Waals surface area contributed by atoms with Gasteiger partial charge in [-0.15, -0.1) is 0 Å². The van der Waals surface area contributed by atoms with E-state index in [1.54, 1.807) is 6.07 Å². The summed E-state index contributed by atoms with van der Waals surface area (Å²) in [6.45, 7) is 2.02. The van der Waals surface area contributed by atoms with Gasteiger partial charge in [0.1, 0.15) is 0 Å². The Hall–Kier alpha value is -1.90. The number of carbonyl (C=O) groups excluding carboxylic acids is 1. The minimum absolute atomic E-state index is 0.503. The van der Waals surface area contributed by atoms with Crippen LogP contribution in [0.15, 0.2) is 30.3 Å². The topological polar surface area (TPSA) is 45.8 Å². The van der Waals surface area contributed by atoms with Crippen LogP contribution in [0.4, 0.5) is 0 Å². The molecule has 3 nitrogen and oxygen atoms in total. The highest BCUT2D eigenvalue weighted by Gasteiger charge is 2.04. The SMILES string of the molecule is Cc1ccccc1-c1cc(C=O)[nH]n1. The van der Waals surface area contributed by atoms with Crippen LogP contribution in [-0.2, 0) is 0 Å². The summed E-state index contributed by atoms with van der Waals surface area (Å²) in [6, 6.07) is 9.68. The average molecular weight is 186 g/mol. The van der Waals surface area contributed by atoms with E-state index in [9.17, 15) is 4.79 Å². The zero-order chi connectivity index (χ0) is 9.97. The number of H-pyrrole nitrogens is 1. The minimum Gasteiger partial charge on any atom is -0.296 e. The number of benzene rings is 1. The van der Waals surface area contributed by atoms with E-state index in [2.05, 4.69) is 10.2 Å². The number of hydrogen-bond acceptors (Lipinski definition) is 2. The number of aromatic nitrogens is 2. The zero-order valence-corrected chi connectivity index (χ0v) is 7.82. The molecule has 0 bridgehead atoms. The van der Waals surface area contributed by atoms with E-state index >= 15 is 0 Å². The summed E-state index contributed by atoms with van der Waals surface area (Å²) in [7, 11) is 0. The van der Waals surface area contributed by atoms with Gasteiger partial charge in [0.05, 0.1) is 11.4 Å². The molecule has 0 spiro atoms. The fourth-order valence-electron chi connectivity index (χ4n) is 1.40. The Morgan fingerprint density at radius 2 is 2.14 bits per heavy atom. The van der Waals surface area contributed by atoms with Crippen LogP contribution in [0.25, 0.3) is 11.3 Å². The number of hydrogen-bond donors (Lipinski definition) is 1. The molecule has 0 aliphatic heterocycles. The molecule has 0 fully saturated rings. The van der Waals surface area contributed by atoms with Crippen molar-refractivity contribution in [3.8, 4) is 11.3 Å². The van der Waals surface area contributed by atoms with Gasteiger partial charge in [0.25, 0.3) is 0 Å². The summed E-state index contributed by atoms with van der Waals surface area (Å²) >= 11 is 0. The molecule has 2 rings (SSSR count).